The Bertz CT molecular complexity index is 942. The Morgan fingerprint density at radius 3 is 2.54 bits per heavy atom. The van der Waals surface area contributed by atoms with Crippen molar-refractivity contribution in [3.63, 3.8) is 0 Å². The topological polar surface area (TPSA) is 83.1 Å². The van der Waals surface area contributed by atoms with Gasteiger partial charge < -0.3 is 10.6 Å². The van der Waals surface area contributed by atoms with Crippen LogP contribution < -0.4 is 10.6 Å². The molecule has 0 saturated carbocycles. The first kappa shape index (κ1) is 15.3. The number of rotatable bonds is 2. The molecule has 3 aliphatic rings. The summed E-state index contributed by atoms with van der Waals surface area (Å²) in [6, 6.07) is 16.9. The molecule has 2 aromatic rings. The number of quaternary nitrogens is 1. The van der Waals surface area contributed by atoms with E-state index in [2.05, 4.69) is 5.32 Å². The summed E-state index contributed by atoms with van der Waals surface area (Å²) in [5, 5.41) is 4.76. The molecule has 0 unspecified atom stereocenters. The van der Waals surface area contributed by atoms with Crippen molar-refractivity contribution in [3.05, 3.63) is 65.7 Å². The number of nitrogens with zero attached hydrogens (tertiary/aromatic N) is 1. The monoisotopic (exact) mass is 348 g/mol. The molecule has 2 fully saturated rings. The third-order valence-electron chi connectivity index (χ3n) is 5.88. The lowest BCUT2D eigenvalue weighted by Crippen LogP contribution is -2.95. The van der Waals surface area contributed by atoms with Crippen LogP contribution in [0.5, 0.6) is 0 Å². The molecule has 26 heavy (non-hydrogen) atoms. The molecule has 0 bridgehead atoms. The highest BCUT2D eigenvalue weighted by molar-refractivity contribution is 6.13. The highest BCUT2D eigenvalue weighted by atomic mass is 16.2. The van der Waals surface area contributed by atoms with E-state index in [1.807, 2.05) is 59.9 Å². The van der Waals surface area contributed by atoms with E-state index in [0.29, 0.717) is 6.54 Å². The average Bonchev–Trinajstić information content (AvgIpc) is 3.26. The standard InChI is InChI=1S/C20H17N3O3/c24-17-13-10-21-20(14-8-4-5-9-15(14)22-19(20)26)16(13)18(25)23(17)11-12-6-2-1-3-7-12/h1-9,13,16,21H,10-11H2,(H,22,26)/p+1/t13-,16+,20+/m0/s1. The molecule has 0 aliphatic carbocycles. The Balaban J connectivity index is 1.55. The van der Waals surface area contributed by atoms with Crippen LogP contribution in [0.4, 0.5) is 5.69 Å². The van der Waals surface area contributed by atoms with Crippen LogP contribution in [0.2, 0.25) is 0 Å². The van der Waals surface area contributed by atoms with Crippen LogP contribution in [0.1, 0.15) is 11.1 Å². The largest absolute Gasteiger partial charge is 0.328 e. The number of nitrogens with two attached hydrogens (primary N) is 1. The Morgan fingerprint density at radius 2 is 1.73 bits per heavy atom. The maximum absolute atomic E-state index is 13.2. The van der Waals surface area contributed by atoms with Crippen LogP contribution in [-0.4, -0.2) is 29.2 Å². The highest BCUT2D eigenvalue weighted by Gasteiger charge is 2.71. The summed E-state index contributed by atoms with van der Waals surface area (Å²) in [6.45, 7) is 0.702. The van der Waals surface area contributed by atoms with E-state index in [0.717, 1.165) is 16.8 Å². The smallest absolute Gasteiger partial charge is 0.291 e. The number of carbonyl (C=O) groups is 3. The van der Waals surface area contributed by atoms with Gasteiger partial charge in [-0.05, 0) is 11.6 Å². The minimum atomic E-state index is -1.03. The fourth-order valence-corrected chi connectivity index (χ4v) is 4.71. The fraction of sp³-hybridized carbons (Fsp3) is 0.250. The second-order valence-corrected chi connectivity index (χ2v) is 7.14. The quantitative estimate of drug-likeness (QED) is 0.761. The SMILES string of the molecule is O=C1[C@H]2C[NH2+][C@@]3(C(=O)Nc4ccccc43)[C@H]2C(=O)N1Cc1ccccc1. The average molecular weight is 348 g/mol. The van der Waals surface area contributed by atoms with Crippen LogP contribution in [0, 0.1) is 11.8 Å². The molecule has 3 amide bonds. The number of anilines is 1. The van der Waals surface area contributed by atoms with Crippen molar-refractivity contribution in [2.75, 3.05) is 11.9 Å². The summed E-state index contributed by atoms with van der Waals surface area (Å²) in [5.41, 5.74) is 1.42. The summed E-state index contributed by atoms with van der Waals surface area (Å²) in [7, 11) is 0. The highest BCUT2D eigenvalue weighted by Crippen LogP contribution is 2.47. The van der Waals surface area contributed by atoms with Crippen molar-refractivity contribution >= 4 is 23.4 Å². The summed E-state index contributed by atoms with van der Waals surface area (Å²) >= 11 is 0. The lowest BCUT2D eigenvalue weighted by molar-refractivity contribution is -0.704. The molecule has 6 nitrogen and oxygen atoms in total. The minimum absolute atomic E-state index is 0.172. The molecule has 2 aromatic carbocycles. The summed E-state index contributed by atoms with van der Waals surface area (Å²) in [4.78, 5) is 40.4. The molecule has 3 atom stereocenters. The number of likely N-dealkylation sites (tertiary alicyclic amines) is 1. The van der Waals surface area contributed by atoms with E-state index in [4.69, 9.17) is 0 Å². The summed E-state index contributed by atoms with van der Waals surface area (Å²) in [6.07, 6.45) is 0. The number of hydrogen-bond donors (Lipinski definition) is 2. The van der Waals surface area contributed by atoms with Crippen LogP contribution in [0.15, 0.2) is 54.6 Å². The molecule has 130 valence electrons. The second-order valence-electron chi connectivity index (χ2n) is 7.14. The maximum atomic E-state index is 13.2. The van der Waals surface area contributed by atoms with Crippen LogP contribution in [0.25, 0.3) is 0 Å². The first-order valence-electron chi connectivity index (χ1n) is 8.77. The molecule has 5 rings (SSSR count). The van der Waals surface area contributed by atoms with Gasteiger partial charge in [0.25, 0.3) is 5.91 Å². The van der Waals surface area contributed by atoms with Gasteiger partial charge in [0.2, 0.25) is 17.4 Å². The molecule has 3 N–H and O–H groups in total. The molecule has 0 radical (unpaired) electrons. The maximum Gasteiger partial charge on any atom is 0.291 e. The van der Waals surface area contributed by atoms with E-state index >= 15 is 0 Å². The Kier molecular flexibility index (Phi) is 3.09. The van der Waals surface area contributed by atoms with Gasteiger partial charge in [-0.15, -0.1) is 0 Å². The minimum Gasteiger partial charge on any atom is -0.328 e. The predicted octanol–water partition coefficient (Wildman–Crippen LogP) is 0.212. The van der Waals surface area contributed by atoms with E-state index < -0.39 is 17.4 Å². The van der Waals surface area contributed by atoms with Gasteiger partial charge >= 0.3 is 0 Å². The molecule has 0 aromatic heterocycles. The number of carbonyl (C=O) groups excluding carboxylic acids is 3. The lowest BCUT2D eigenvalue weighted by Gasteiger charge is -2.25. The van der Waals surface area contributed by atoms with Crippen molar-refractivity contribution < 1.29 is 19.7 Å². The molecule has 3 heterocycles. The predicted molar refractivity (Wildman–Crippen MR) is 92.5 cm³/mol. The van der Waals surface area contributed by atoms with Gasteiger partial charge in [-0.25, -0.2) is 0 Å². The van der Waals surface area contributed by atoms with Gasteiger partial charge in [0, 0.05) is 5.56 Å². The van der Waals surface area contributed by atoms with Crippen molar-refractivity contribution in [1.82, 2.24) is 4.90 Å². The van der Waals surface area contributed by atoms with E-state index in [9.17, 15) is 14.4 Å². The third kappa shape index (κ3) is 1.82. The van der Waals surface area contributed by atoms with Gasteiger partial charge in [0.1, 0.15) is 11.8 Å². The lowest BCUT2D eigenvalue weighted by atomic mass is 9.77. The Hall–Kier alpha value is -2.99. The number of benzene rings is 2. The van der Waals surface area contributed by atoms with Gasteiger partial charge in [-0.2, -0.15) is 0 Å². The molecular weight excluding hydrogens is 330 g/mol. The van der Waals surface area contributed by atoms with Gasteiger partial charge in [-0.3, -0.25) is 19.3 Å². The molecule has 3 aliphatic heterocycles. The zero-order valence-corrected chi connectivity index (χ0v) is 14.0. The van der Waals surface area contributed by atoms with Crippen LogP contribution in [-0.2, 0) is 26.5 Å². The number of nitrogens with one attached hydrogen (secondary N) is 1. The van der Waals surface area contributed by atoms with Crippen LogP contribution in [0.3, 0.4) is 0 Å². The van der Waals surface area contributed by atoms with Crippen molar-refractivity contribution in [1.29, 1.82) is 0 Å². The zero-order valence-electron chi connectivity index (χ0n) is 14.0. The van der Waals surface area contributed by atoms with Gasteiger partial charge in [0.15, 0.2) is 0 Å². The molecular formula is C20H18N3O3+. The second kappa shape index (κ2) is 5.25. The fourth-order valence-electron chi connectivity index (χ4n) is 4.71. The number of amides is 3. The van der Waals surface area contributed by atoms with Gasteiger partial charge in [0.05, 0.1) is 18.8 Å². The van der Waals surface area contributed by atoms with Crippen LogP contribution >= 0.6 is 0 Å². The number of para-hydroxylation sites is 1. The van der Waals surface area contributed by atoms with Crippen molar-refractivity contribution in [3.8, 4) is 0 Å². The van der Waals surface area contributed by atoms with Crippen molar-refractivity contribution in [2.24, 2.45) is 11.8 Å². The third-order valence-corrected chi connectivity index (χ3v) is 5.88. The molecule has 1 spiro atoms. The van der Waals surface area contributed by atoms with E-state index in [1.54, 1.807) is 0 Å². The van der Waals surface area contributed by atoms with Gasteiger partial charge in [-0.1, -0.05) is 48.5 Å². The van der Waals surface area contributed by atoms with E-state index in [1.165, 1.54) is 4.90 Å². The Labute approximate surface area is 150 Å². The first-order valence-corrected chi connectivity index (χ1v) is 8.77. The number of imide groups is 1. The molecule has 6 heteroatoms. The van der Waals surface area contributed by atoms with E-state index in [-0.39, 0.29) is 24.3 Å². The summed E-state index contributed by atoms with van der Waals surface area (Å²) < 4.78 is 0. The zero-order chi connectivity index (χ0) is 17.9. The normalized spacial score (nSPS) is 29.2. The first-order chi connectivity index (χ1) is 12.6. The summed E-state index contributed by atoms with van der Waals surface area (Å²) in [5.74, 6) is -1.72. The number of fused-ring (bicyclic) bond motifs is 4. The molecule has 2 saturated heterocycles. The van der Waals surface area contributed by atoms with Crippen molar-refractivity contribution in [2.45, 2.75) is 12.1 Å². The Morgan fingerprint density at radius 1 is 1.00 bits per heavy atom. The number of hydrogen-bond acceptors (Lipinski definition) is 3.